The van der Waals surface area contributed by atoms with E-state index in [1.54, 1.807) is 7.05 Å². The van der Waals surface area contributed by atoms with Gasteiger partial charge in [0.25, 0.3) is 0 Å². The summed E-state index contributed by atoms with van der Waals surface area (Å²) in [6.45, 7) is 0. The monoisotopic (exact) mass is 241 g/mol. The van der Waals surface area contributed by atoms with Crippen molar-refractivity contribution in [3.05, 3.63) is 41.5 Å². The molecule has 1 aliphatic carbocycles. The second-order valence-corrected chi connectivity index (χ2v) is 5.03. The van der Waals surface area contributed by atoms with Crippen LogP contribution >= 0.6 is 0 Å². The van der Waals surface area contributed by atoms with E-state index in [0.29, 0.717) is 6.42 Å². The van der Waals surface area contributed by atoms with Crippen LogP contribution in [0.5, 0.6) is 0 Å². The van der Waals surface area contributed by atoms with Crippen LogP contribution in [0, 0.1) is 11.8 Å². The molecule has 1 fully saturated rings. The molecule has 2 unspecified atom stereocenters. The SMILES string of the molecule is CN1C(=O)CC(C2C=Cc3ccccc3C2)C1=O. The smallest absolute Gasteiger partial charge is 0.233 e. The number of carbonyl (C=O) groups excluding carboxylic acids is 2. The van der Waals surface area contributed by atoms with E-state index in [9.17, 15) is 9.59 Å². The molecule has 3 heteroatoms. The van der Waals surface area contributed by atoms with E-state index in [4.69, 9.17) is 0 Å². The number of fused-ring (bicyclic) bond motifs is 1. The van der Waals surface area contributed by atoms with Crippen molar-refractivity contribution in [2.45, 2.75) is 12.8 Å². The van der Waals surface area contributed by atoms with E-state index in [1.165, 1.54) is 16.0 Å². The van der Waals surface area contributed by atoms with Gasteiger partial charge in [-0.15, -0.1) is 0 Å². The second-order valence-electron chi connectivity index (χ2n) is 5.03. The van der Waals surface area contributed by atoms with Gasteiger partial charge < -0.3 is 0 Å². The number of rotatable bonds is 1. The second kappa shape index (κ2) is 4.09. The molecule has 1 aliphatic heterocycles. The van der Waals surface area contributed by atoms with Crippen molar-refractivity contribution in [3.8, 4) is 0 Å². The van der Waals surface area contributed by atoms with Crippen LogP contribution in [0.15, 0.2) is 30.3 Å². The average Bonchev–Trinajstić information content (AvgIpc) is 2.66. The van der Waals surface area contributed by atoms with Crippen molar-refractivity contribution in [3.63, 3.8) is 0 Å². The van der Waals surface area contributed by atoms with Gasteiger partial charge in [-0.1, -0.05) is 36.4 Å². The van der Waals surface area contributed by atoms with Gasteiger partial charge in [-0.25, -0.2) is 0 Å². The summed E-state index contributed by atoms with van der Waals surface area (Å²) < 4.78 is 0. The number of allylic oxidation sites excluding steroid dienone is 1. The third-order valence-corrected chi connectivity index (χ3v) is 3.97. The van der Waals surface area contributed by atoms with Gasteiger partial charge >= 0.3 is 0 Å². The Labute approximate surface area is 106 Å². The topological polar surface area (TPSA) is 37.4 Å². The molecule has 0 aromatic heterocycles. The third-order valence-electron chi connectivity index (χ3n) is 3.97. The lowest BCUT2D eigenvalue weighted by Gasteiger charge is -2.23. The first-order valence-electron chi connectivity index (χ1n) is 6.23. The zero-order chi connectivity index (χ0) is 12.7. The van der Waals surface area contributed by atoms with Crippen molar-refractivity contribution in [2.24, 2.45) is 11.8 Å². The summed E-state index contributed by atoms with van der Waals surface area (Å²) in [4.78, 5) is 24.8. The Morgan fingerprint density at radius 2 is 1.94 bits per heavy atom. The van der Waals surface area contributed by atoms with Crippen LogP contribution < -0.4 is 0 Å². The van der Waals surface area contributed by atoms with Gasteiger partial charge in [0.05, 0.1) is 5.92 Å². The number of carbonyl (C=O) groups is 2. The lowest BCUT2D eigenvalue weighted by Crippen LogP contribution is -2.29. The third kappa shape index (κ3) is 1.67. The normalized spacial score (nSPS) is 26.6. The van der Waals surface area contributed by atoms with Crippen molar-refractivity contribution in [2.75, 3.05) is 7.05 Å². The molecule has 1 aromatic carbocycles. The molecule has 0 saturated carbocycles. The molecule has 2 aliphatic rings. The van der Waals surface area contributed by atoms with Gasteiger partial charge in [0.2, 0.25) is 11.8 Å². The van der Waals surface area contributed by atoms with E-state index in [-0.39, 0.29) is 23.7 Å². The Morgan fingerprint density at radius 1 is 1.17 bits per heavy atom. The molecule has 1 aromatic rings. The number of hydrogen-bond acceptors (Lipinski definition) is 2. The van der Waals surface area contributed by atoms with Gasteiger partial charge in [-0.2, -0.15) is 0 Å². The zero-order valence-electron chi connectivity index (χ0n) is 10.3. The molecular formula is C15H15NO2. The van der Waals surface area contributed by atoms with Gasteiger partial charge in [0.1, 0.15) is 0 Å². The summed E-state index contributed by atoms with van der Waals surface area (Å²) in [5.74, 6) is -0.111. The molecule has 0 spiro atoms. The Kier molecular flexibility index (Phi) is 2.54. The van der Waals surface area contributed by atoms with Crippen molar-refractivity contribution >= 4 is 17.9 Å². The van der Waals surface area contributed by atoms with E-state index in [2.05, 4.69) is 24.3 Å². The molecule has 2 atom stereocenters. The molecule has 18 heavy (non-hydrogen) atoms. The van der Waals surface area contributed by atoms with Crippen LogP contribution in [0.4, 0.5) is 0 Å². The highest BCUT2D eigenvalue weighted by Crippen LogP contribution is 2.33. The molecule has 1 heterocycles. The summed E-state index contributed by atoms with van der Waals surface area (Å²) >= 11 is 0. The quantitative estimate of drug-likeness (QED) is 0.704. The fraction of sp³-hybridized carbons (Fsp3) is 0.333. The summed E-state index contributed by atoms with van der Waals surface area (Å²) in [7, 11) is 1.57. The highest BCUT2D eigenvalue weighted by molar-refractivity contribution is 6.03. The molecule has 3 nitrogen and oxygen atoms in total. The van der Waals surface area contributed by atoms with Crippen molar-refractivity contribution in [1.82, 2.24) is 4.90 Å². The fourth-order valence-corrected chi connectivity index (χ4v) is 2.83. The van der Waals surface area contributed by atoms with Gasteiger partial charge in [0, 0.05) is 13.5 Å². The lowest BCUT2D eigenvalue weighted by atomic mass is 9.81. The van der Waals surface area contributed by atoms with Crippen LogP contribution in [0.25, 0.3) is 6.08 Å². The molecular weight excluding hydrogens is 226 g/mol. The predicted octanol–water partition coefficient (Wildman–Crippen LogP) is 1.88. The largest absolute Gasteiger partial charge is 0.285 e. The van der Waals surface area contributed by atoms with Crippen LogP contribution in [0.3, 0.4) is 0 Å². The molecule has 92 valence electrons. The summed E-state index contributed by atoms with van der Waals surface area (Å²) in [5.41, 5.74) is 2.48. The summed E-state index contributed by atoms with van der Waals surface area (Å²) in [6.07, 6.45) is 5.35. The molecule has 3 rings (SSSR count). The Balaban J connectivity index is 1.86. The number of amides is 2. The van der Waals surface area contributed by atoms with E-state index >= 15 is 0 Å². The minimum Gasteiger partial charge on any atom is -0.285 e. The fourth-order valence-electron chi connectivity index (χ4n) is 2.83. The number of nitrogens with zero attached hydrogens (tertiary/aromatic N) is 1. The number of hydrogen-bond donors (Lipinski definition) is 0. The van der Waals surface area contributed by atoms with Gasteiger partial charge in [-0.05, 0) is 23.5 Å². The maximum absolute atomic E-state index is 12.0. The highest BCUT2D eigenvalue weighted by Gasteiger charge is 2.40. The lowest BCUT2D eigenvalue weighted by molar-refractivity contribution is -0.137. The van der Waals surface area contributed by atoms with Gasteiger partial charge in [0.15, 0.2) is 0 Å². The summed E-state index contributed by atoms with van der Waals surface area (Å²) in [5, 5.41) is 0. The maximum atomic E-state index is 12.0. The predicted molar refractivity (Wildman–Crippen MR) is 68.6 cm³/mol. The number of likely N-dealkylation sites (tertiary alicyclic amines) is 1. The van der Waals surface area contributed by atoms with Crippen molar-refractivity contribution in [1.29, 1.82) is 0 Å². The van der Waals surface area contributed by atoms with Crippen molar-refractivity contribution < 1.29 is 9.59 Å². The first-order valence-corrected chi connectivity index (χ1v) is 6.23. The van der Waals surface area contributed by atoms with E-state index in [0.717, 1.165) is 6.42 Å². The standard InChI is InChI=1S/C15H15NO2/c1-16-14(17)9-13(15(16)18)12-7-6-10-4-2-3-5-11(10)8-12/h2-7,12-13H,8-9H2,1H3. The first kappa shape index (κ1) is 11.2. The number of imide groups is 1. The van der Waals surface area contributed by atoms with Crippen LogP contribution in [-0.2, 0) is 16.0 Å². The minimum atomic E-state index is -0.174. The Bertz CT molecular complexity index is 547. The Hall–Kier alpha value is -1.90. The molecule has 2 amide bonds. The van der Waals surface area contributed by atoms with E-state index < -0.39 is 0 Å². The molecule has 1 saturated heterocycles. The highest BCUT2D eigenvalue weighted by atomic mass is 16.2. The zero-order valence-corrected chi connectivity index (χ0v) is 10.3. The molecule has 0 N–H and O–H groups in total. The Morgan fingerprint density at radius 3 is 2.67 bits per heavy atom. The van der Waals surface area contributed by atoms with Crippen LogP contribution in [-0.4, -0.2) is 23.8 Å². The minimum absolute atomic E-state index is 0.0333. The average molecular weight is 241 g/mol. The summed E-state index contributed by atoms with van der Waals surface area (Å²) in [6, 6.07) is 8.21. The van der Waals surface area contributed by atoms with Crippen LogP contribution in [0.2, 0.25) is 0 Å². The van der Waals surface area contributed by atoms with Gasteiger partial charge in [-0.3, -0.25) is 14.5 Å². The molecule has 0 radical (unpaired) electrons. The maximum Gasteiger partial charge on any atom is 0.233 e. The molecule has 0 bridgehead atoms. The first-order chi connectivity index (χ1) is 8.66. The number of benzene rings is 1. The van der Waals surface area contributed by atoms with E-state index in [1.807, 2.05) is 12.1 Å². The van der Waals surface area contributed by atoms with Crippen LogP contribution in [0.1, 0.15) is 17.5 Å².